The van der Waals surface area contributed by atoms with Crippen LogP contribution in [0.15, 0.2) is 67.0 Å². The van der Waals surface area contributed by atoms with Crippen molar-refractivity contribution in [2.45, 2.75) is 32.7 Å². The van der Waals surface area contributed by atoms with E-state index in [1.54, 1.807) is 0 Å². The molecule has 1 aliphatic heterocycles. The molecule has 4 rings (SSSR count). The monoisotopic (exact) mass is 401 g/mol. The smallest absolute Gasteiger partial charge is 0.253 e. The van der Waals surface area contributed by atoms with Crippen molar-refractivity contribution in [3.05, 3.63) is 89.2 Å². The molecule has 0 bridgehead atoms. The van der Waals surface area contributed by atoms with Crippen molar-refractivity contribution in [2.24, 2.45) is 0 Å². The van der Waals surface area contributed by atoms with Gasteiger partial charge in [-0.1, -0.05) is 6.07 Å². The van der Waals surface area contributed by atoms with Crippen molar-refractivity contribution in [2.75, 3.05) is 13.1 Å². The van der Waals surface area contributed by atoms with Gasteiger partial charge in [-0.3, -0.25) is 9.59 Å². The largest absolute Gasteiger partial charge is 0.349 e. The topological polar surface area (TPSA) is 54.3 Å². The zero-order valence-corrected chi connectivity index (χ0v) is 17.5. The van der Waals surface area contributed by atoms with Gasteiger partial charge in [-0.25, -0.2) is 0 Å². The van der Waals surface area contributed by atoms with Gasteiger partial charge < -0.3 is 14.8 Å². The quantitative estimate of drug-likeness (QED) is 0.715. The van der Waals surface area contributed by atoms with E-state index in [-0.39, 0.29) is 17.9 Å². The number of nitrogens with zero attached hydrogens (tertiary/aromatic N) is 2. The molecule has 0 saturated carbocycles. The molecule has 30 heavy (non-hydrogen) atoms. The van der Waals surface area contributed by atoms with Crippen LogP contribution in [0.3, 0.4) is 0 Å². The van der Waals surface area contributed by atoms with Crippen LogP contribution in [0.2, 0.25) is 0 Å². The zero-order chi connectivity index (χ0) is 21.1. The Labute approximate surface area is 177 Å². The normalized spacial score (nSPS) is 14.5. The molecule has 1 aromatic heterocycles. The third-order valence-corrected chi connectivity index (χ3v) is 5.90. The highest BCUT2D eigenvalue weighted by molar-refractivity contribution is 5.95. The molecule has 0 radical (unpaired) electrons. The molecule has 154 valence electrons. The van der Waals surface area contributed by atoms with Crippen LogP contribution in [0.1, 0.15) is 44.7 Å². The van der Waals surface area contributed by atoms with Gasteiger partial charge >= 0.3 is 0 Å². The lowest BCUT2D eigenvalue weighted by molar-refractivity contribution is 0.0698. The number of nitrogens with one attached hydrogen (secondary N) is 1. The Balaban J connectivity index is 1.31. The van der Waals surface area contributed by atoms with Gasteiger partial charge in [-0.05, 0) is 86.3 Å². The van der Waals surface area contributed by atoms with Crippen molar-refractivity contribution in [1.82, 2.24) is 14.8 Å². The molecule has 1 N–H and O–H groups in total. The van der Waals surface area contributed by atoms with E-state index in [9.17, 15) is 9.59 Å². The maximum absolute atomic E-state index is 12.8. The molecule has 1 aliphatic rings. The molecule has 0 atom stereocenters. The number of likely N-dealkylation sites (tertiary alicyclic amines) is 1. The van der Waals surface area contributed by atoms with E-state index in [0.29, 0.717) is 18.7 Å². The van der Waals surface area contributed by atoms with Crippen LogP contribution in [-0.4, -0.2) is 40.4 Å². The molecule has 5 nitrogen and oxygen atoms in total. The molecular formula is C25H27N3O2. The van der Waals surface area contributed by atoms with Crippen LogP contribution in [0.4, 0.5) is 0 Å². The number of aromatic nitrogens is 1. The Morgan fingerprint density at radius 1 is 0.867 bits per heavy atom. The van der Waals surface area contributed by atoms with Crippen molar-refractivity contribution in [1.29, 1.82) is 0 Å². The first-order valence-corrected chi connectivity index (χ1v) is 10.4. The molecular weight excluding hydrogens is 374 g/mol. The minimum absolute atomic E-state index is 0.0620. The zero-order valence-electron chi connectivity index (χ0n) is 17.5. The minimum Gasteiger partial charge on any atom is -0.349 e. The third kappa shape index (κ3) is 4.30. The van der Waals surface area contributed by atoms with Crippen LogP contribution < -0.4 is 5.32 Å². The minimum atomic E-state index is -0.0620. The first-order chi connectivity index (χ1) is 14.5. The second-order valence-corrected chi connectivity index (χ2v) is 7.98. The van der Waals surface area contributed by atoms with E-state index in [1.165, 1.54) is 5.56 Å². The fraction of sp³-hybridized carbons (Fsp3) is 0.280. The summed E-state index contributed by atoms with van der Waals surface area (Å²) in [6.45, 7) is 5.39. The number of amides is 2. The molecule has 0 unspecified atom stereocenters. The summed E-state index contributed by atoms with van der Waals surface area (Å²) in [6, 6.07) is 17.5. The van der Waals surface area contributed by atoms with Gasteiger partial charge in [0.25, 0.3) is 11.8 Å². The Morgan fingerprint density at radius 3 is 2.13 bits per heavy atom. The highest BCUT2D eigenvalue weighted by Gasteiger charge is 2.25. The van der Waals surface area contributed by atoms with E-state index in [1.807, 2.05) is 90.3 Å². The highest BCUT2D eigenvalue weighted by Crippen LogP contribution is 2.17. The third-order valence-electron chi connectivity index (χ3n) is 5.90. The summed E-state index contributed by atoms with van der Waals surface area (Å²) in [5.74, 6) is 0.0106. The predicted octanol–water partition coefficient (Wildman–Crippen LogP) is 4.13. The lowest BCUT2D eigenvalue weighted by atomic mass is 10.0. The van der Waals surface area contributed by atoms with Crippen LogP contribution in [-0.2, 0) is 0 Å². The number of hydrogen-bond donors (Lipinski definition) is 1. The van der Waals surface area contributed by atoms with E-state index in [2.05, 4.69) is 5.32 Å². The second kappa shape index (κ2) is 8.57. The fourth-order valence-corrected chi connectivity index (χ4v) is 3.84. The van der Waals surface area contributed by atoms with Gasteiger partial charge in [0.05, 0.1) is 0 Å². The van der Waals surface area contributed by atoms with Gasteiger partial charge in [-0.2, -0.15) is 0 Å². The fourth-order valence-electron chi connectivity index (χ4n) is 3.84. The summed E-state index contributed by atoms with van der Waals surface area (Å²) < 4.78 is 2.00. The molecule has 2 heterocycles. The molecule has 5 heteroatoms. The number of hydrogen-bond acceptors (Lipinski definition) is 2. The van der Waals surface area contributed by atoms with Crippen LogP contribution in [0.5, 0.6) is 0 Å². The molecule has 1 fully saturated rings. The van der Waals surface area contributed by atoms with Crippen molar-refractivity contribution < 1.29 is 9.59 Å². The number of carbonyl (C=O) groups excluding carboxylic acids is 2. The molecule has 0 spiro atoms. The molecule has 2 amide bonds. The summed E-state index contributed by atoms with van der Waals surface area (Å²) in [6.07, 6.45) is 5.48. The lowest BCUT2D eigenvalue weighted by Crippen LogP contribution is -2.46. The summed E-state index contributed by atoms with van der Waals surface area (Å²) in [5, 5.41) is 3.12. The number of carbonyl (C=O) groups is 2. The molecule has 1 saturated heterocycles. The van der Waals surface area contributed by atoms with Crippen LogP contribution in [0, 0.1) is 13.8 Å². The highest BCUT2D eigenvalue weighted by atomic mass is 16.2. The van der Waals surface area contributed by atoms with Gasteiger partial charge in [0.1, 0.15) is 0 Å². The van der Waals surface area contributed by atoms with Crippen LogP contribution >= 0.6 is 0 Å². The first-order valence-electron chi connectivity index (χ1n) is 10.4. The first kappa shape index (κ1) is 20.0. The number of benzene rings is 2. The predicted molar refractivity (Wildman–Crippen MR) is 118 cm³/mol. The summed E-state index contributed by atoms with van der Waals surface area (Å²) in [4.78, 5) is 27.3. The van der Waals surface area contributed by atoms with E-state index < -0.39 is 0 Å². The standard InChI is InChI=1S/C25H27N3O2/c1-18-5-6-21(17-19(18)2)25(30)28-15-11-22(12-16-28)26-24(29)20-7-9-23(10-8-20)27-13-3-4-14-27/h3-10,13-14,17,22H,11-12,15-16H2,1-2H3,(H,26,29). The number of aryl methyl sites for hydroxylation is 2. The molecule has 2 aromatic carbocycles. The van der Waals surface area contributed by atoms with Crippen LogP contribution in [0.25, 0.3) is 5.69 Å². The Hall–Kier alpha value is -3.34. The SMILES string of the molecule is Cc1ccc(C(=O)N2CCC(NC(=O)c3ccc(-n4cccc4)cc3)CC2)cc1C. The average Bonchev–Trinajstić information content (AvgIpc) is 3.31. The van der Waals surface area contributed by atoms with Crippen molar-refractivity contribution in [3.63, 3.8) is 0 Å². The van der Waals surface area contributed by atoms with Crippen molar-refractivity contribution >= 4 is 11.8 Å². The molecule has 0 aliphatic carbocycles. The summed E-state index contributed by atoms with van der Waals surface area (Å²) >= 11 is 0. The maximum atomic E-state index is 12.8. The van der Waals surface area contributed by atoms with Gasteiger partial charge in [0.15, 0.2) is 0 Å². The van der Waals surface area contributed by atoms with E-state index in [4.69, 9.17) is 0 Å². The van der Waals surface area contributed by atoms with E-state index in [0.717, 1.165) is 29.7 Å². The second-order valence-electron chi connectivity index (χ2n) is 7.98. The van der Waals surface area contributed by atoms with E-state index >= 15 is 0 Å². The molecule has 3 aromatic rings. The number of rotatable bonds is 4. The summed E-state index contributed by atoms with van der Waals surface area (Å²) in [7, 11) is 0. The average molecular weight is 402 g/mol. The number of piperidine rings is 1. The lowest BCUT2D eigenvalue weighted by Gasteiger charge is -2.32. The van der Waals surface area contributed by atoms with Gasteiger partial charge in [-0.15, -0.1) is 0 Å². The Bertz CT molecular complexity index is 1030. The van der Waals surface area contributed by atoms with Crippen molar-refractivity contribution in [3.8, 4) is 5.69 Å². The summed E-state index contributed by atoms with van der Waals surface area (Å²) in [5.41, 5.74) is 4.73. The van der Waals surface area contributed by atoms with Gasteiger partial charge in [0.2, 0.25) is 0 Å². The Morgan fingerprint density at radius 2 is 1.50 bits per heavy atom. The maximum Gasteiger partial charge on any atom is 0.253 e. The van der Waals surface area contributed by atoms with Gasteiger partial charge in [0, 0.05) is 48.3 Å². The Kier molecular flexibility index (Phi) is 5.70.